The predicted molar refractivity (Wildman–Crippen MR) is 102 cm³/mol. The number of carbonyl (C=O) groups is 3. The van der Waals surface area contributed by atoms with Gasteiger partial charge in [0.1, 0.15) is 5.75 Å². The maximum atomic E-state index is 13.0. The largest absolute Gasteiger partial charge is 0.496 e. The van der Waals surface area contributed by atoms with E-state index in [4.69, 9.17) is 4.74 Å². The lowest BCUT2D eigenvalue weighted by Crippen LogP contribution is -2.51. The van der Waals surface area contributed by atoms with Crippen LogP contribution in [-0.4, -0.2) is 60.8 Å². The Bertz CT molecular complexity index is 720. The summed E-state index contributed by atoms with van der Waals surface area (Å²) in [5.74, 6) is 0.537. The third kappa shape index (κ3) is 4.40. The number of hydrogen-bond acceptors (Lipinski definition) is 4. The molecule has 0 radical (unpaired) electrons. The van der Waals surface area contributed by atoms with Gasteiger partial charge in [0.15, 0.2) is 0 Å². The van der Waals surface area contributed by atoms with E-state index in [1.54, 1.807) is 23.1 Å². The highest BCUT2D eigenvalue weighted by atomic mass is 16.5. The van der Waals surface area contributed by atoms with Crippen molar-refractivity contribution in [2.24, 2.45) is 5.92 Å². The molecule has 3 amide bonds. The van der Waals surface area contributed by atoms with E-state index in [-0.39, 0.29) is 23.6 Å². The number of hydrogen-bond donors (Lipinski definition) is 1. The van der Waals surface area contributed by atoms with Gasteiger partial charge in [-0.05, 0) is 31.0 Å². The van der Waals surface area contributed by atoms with Crippen LogP contribution in [0.3, 0.4) is 0 Å². The van der Waals surface area contributed by atoms with E-state index in [2.05, 4.69) is 5.32 Å². The van der Waals surface area contributed by atoms with Crippen LogP contribution in [-0.2, 0) is 9.59 Å². The first-order chi connectivity index (χ1) is 13.0. The third-order valence-electron chi connectivity index (χ3n) is 5.33. The van der Waals surface area contributed by atoms with Gasteiger partial charge in [0, 0.05) is 44.7 Å². The maximum absolute atomic E-state index is 13.0. The first kappa shape index (κ1) is 19.2. The first-order valence-electron chi connectivity index (χ1n) is 9.53. The molecule has 1 aliphatic heterocycles. The lowest BCUT2D eigenvalue weighted by Gasteiger charge is -2.36. The Morgan fingerprint density at radius 2 is 1.67 bits per heavy atom. The van der Waals surface area contributed by atoms with Gasteiger partial charge in [-0.3, -0.25) is 14.4 Å². The monoisotopic (exact) mass is 373 g/mol. The number of benzene rings is 1. The number of ether oxygens (including phenoxy) is 1. The van der Waals surface area contributed by atoms with Crippen LogP contribution in [0.4, 0.5) is 5.69 Å². The minimum Gasteiger partial charge on any atom is -0.496 e. The topological polar surface area (TPSA) is 79.0 Å². The van der Waals surface area contributed by atoms with Gasteiger partial charge >= 0.3 is 0 Å². The molecule has 2 aliphatic rings. The first-order valence-corrected chi connectivity index (χ1v) is 9.53. The average molecular weight is 373 g/mol. The van der Waals surface area contributed by atoms with Crippen LogP contribution >= 0.6 is 0 Å². The van der Waals surface area contributed by atoms with E-state index in [9.17, 15) is 14.4 Å². The molecule has 1 saturated heterocycles. The summed E-state index contributed by atoms with van der Waals surface area (Å²) in [4.78, 5) is 40.5. The van der Waals surface area contributed by atoms with Crippen LogP contribution < -0.4 is 10.1 Å². The molecule has 7 heteroatoms. The van der Waals surface area contributed by atoms with Crippen LogP contribution in [0.15, 0.2) is 18.2 Å². The Hall–Kier alpha value is -2.57. The molecule has 1 saturated carbocycles. The molecule has 146 valence electrons. The van der Waals surface area contributed by atoms with Crippen molar-refractivity contribution in [2.75, 3.05) is 38.6 Å². The van der Waals surface area contributed by atoms with E-state index >= 15 is 0 Å². The summed E-state index contributed by atoms with van der Waals surface area (Å²) in [5.41, 5.74) is 0.973. The number of nitrogens with one attached hydrogen (secondary N) is 1. The highest BCUT2D eigenvalue weighted by Gasteiger charge is 2.31. The Kier molecular flexibility index (Phi) is 5.98. The molecule has 0 aromatic heterocycles. The average Bonchev–Trinajstić information content (AvgIpc) is 3.21. The van der Waals surface area contributed by atoms with Gasteiger partial charge in [0.05, 0.1) is 12.7 Å². The van der Waals surface area contributed by atoms with Gasteiger partial charge in [-0.2, -0.15) is 0 Å². The molecule has 0 atom stereocenters. The summed E-state index contributed by atoms with van der Waals surface area (Å²) in [7, 11) is 1.52. The molecular weight excluding hydrogens is 346 g/mol. The molecule has 0 bridgehead atoms. The van der Waals surface area contributed by atoms with Crippen molar-refractivity contribution in [1.29, 1.82) is 0 Å². The quantitative estimate of drug-likeness (QED) is 0.877. The number of rotatable bonds is 4. The summed E-state index contributed by atoms with van der Waals surface area (Å²) in [6.07, 6.45) is 4.26. The van der Waals surface area contributed by atoms with Crippen molar-refractivity contribution in [2.45, 2.75) is 32.6 Å². The van der Waals surface area contributed by atoms with E-state index in [0.717, 1.165) is 25.7 Å². The van der Waals surface area contributed by atoms with Crippen LogP contribution in [0.2, 0.25) is 0 Å². The molecule has 1 aromatic carbocycles. The minimum atomic E-state index is -0.197. The summed E-state index contributed by atoms with van der Waals surface area (Å²) >= 11 is 0. The number of carbonyl (C=O) groups excluding carboxylic acids is 3. The second-order valence-corrected chi connectivity index (χ2v) is 7.20. The molecule has 1 N–H and O–H groups in total. The second-order valence-electron chi connectivity index (χ2n) is 7.20. The molecule has 0 unspecified atom stereocenters. The lowest BCUT2D eigenvalue weighted by atomic mass is 10.1. The van der Waals surface area contributed by atoms with Crippen LogP contribution in [0.25, 0.3) is 0 Å². The lowest BCUT2D eigenvalue weighted by molar-refractivity contribution is -0.136. The highest BCUT2D eigenvalue weighted by Crippen LogP contribution is 2.28. The molecule has 1 aromatic rings. The van der Waals surface area contributed by atoms with Gasteiger partial charge in [-0.1, -0.05) is 12.8 Å². The Morgan fingerprint density at radius 3 is 2.26 bits per heavy atom. The van der Waals surface area contributed by atoms with E-state index in [1.165, 1.54) is 14.0 Å². The number of amides is 3. The summed E-state index contributed by atoms with van der Waals surface area (Å²) in [5, 5.41) is 2.69. The van der Waals surface area contributed by atoms with Crippen LogP contribution in [0, 0.1) is 5.92 Å². The van der Waals surface area contributed by atoms with Crippen molar-refractivity contribution in [3.63, 3.8) is 0 Å². The zero-order valence-corrected chi connectivity index (χ0v) is 16.0. The van der Waals surface area contributed by atoms with Crippen molar-refractivity contribution in [1.82, 2.24) is 9.80 Å². The number of nitrogens with zero attached hydrogens (tertiary/aromatic N) is 2. The standard InChI is InChI=1S/C20H27N3O4/c1-14(24)21-16-7-8-18(27-2)17(13-16)20(26)23-11-9-22(10-12-23)19(25)15-5-3-4-6-15/h7-8,13,15H,3-6,9-12H2,1-2H3,(H,21,24). The van der Waals surface area contributed by atoms with Gasteiger partial charge in [0.25, 0.3) is 5.91 Å². The molecule has 1 heterocycles. The third-order valence-corrected chi connectivity index (χ3v) is 5.33. The summed E-state index contributed by atoms with van der Waals surface area (Å²) in [6.45, 7) is 3.56. The fourth-order valence-corrected chi connectivity index (χ4v) is 3.89. The fraction of sp³-hybridized carbons (Fsp3) is 0.550. The zero-order chi connectivity index (χ0) is 19.4. The Balaban J connectivity index is 1.66. The summed E-state index contributed by atoms with van der Waals surface area (Å²) < 4.78 is 5.32. The smallest absolute Gasteiger partial charge is 0.257 e. The molecule has 2 fully saturated rings. The zero-order valence-electron chi connectivity index (χ0n) is 16.0. The molecule has 27 heavy (non-hydrogen) atoms. The Labute approximate surface area is 159 Å². The Morgan fingerprint density at radius 1 is 1.04 bits per heavy atom. The molecule has 3 rings (SSSR count). The SMILES string of the molecule is COc1ccc(NC(C)=O)cc1C(=O)N1CCN(C(=O)C2CCCC2)CC1. The number of methoxy groups -OCH3 is 1. The van der Waals surface area contributed by atoms with Crippen LogP contribution in [0.1, 0.15) is 43.0 Å². The number of piperazine rings is 1. The minimum absolute atomic E-state index is 0.146. The van der Waals surface area contributed by atoms with Crippen molar-refractivity contribution < 1.29 is 19.1 Å². The molecular formula is C20H27N3O4. The molecule has 0 spiro atoms. The normalized spacial score (nSPS) is 17.7. The van der Waals surface area contributed by atoms with Crippen molar-refractivity contribution >= 4 is 23.4 Å². The predicted octanol–water partition coefficient (Wildman–Crippen LogP) is 2.13. The summed E-state index contributed by atoms with van der Waals surface area (Å²) in [6, 6.07) is 5.02. The van der Waals surface area contributed by atoms with Gasteiger partial charge in [-0.15, -0.1) is 0 Å². The van der Waals surface area contributed by atoms with Gasteiger partial charge < -0.3 is 19.9 Å². The van der Waals surface area contributed by atoms with Crippen molar-refractivity contribution in [3.8, 4) is 5.75 Å². The van der Waals surface area contributed by atoms with E-state index < -0.39 is 0 Å². The maximum Gasteiger partial charge on any atom is 0.257 e. The fourth-order valence-electron chi connectivity index (χ4n) is 3.89. The van der Waals surface area contributed by atoms with Crippen LogP contribution in [0.5, 0.6) is 5.75 Å². The second kappa shape index (κ2) is 8.41. The van der Waals surface area contributed by atoms with Gasteiger partial charge in [0.2, 0.25) is 11.8 Å². The highest BCUT2D eigenvalue weighted by molar-refractivity contribution is 5.99. The van der Waals surface area contributed by atoms with E-state index in [0.29, 0.717) is 43.2 Å². The number of anilines is 1. The van der Waals surface area contributed by atoms with E-state index in [1.807, 2.05) is 4.90 Å². The van der Waals surface area contributed by atoms with Crippen molar-refractivity contribution in [3.05, 3.63) is 23.8 Å². The molecule has 1 aliphatic carbocycles. The molecule has 7 nitrogen and oxygen atoms in total. The van der Waals surface area contributed by atoms with Gasteiger partial charge in [-0.25, -0.2) is 0 Å².